The van der Waals surface area contributed by atoms with E-state index in [2.05, 4.69) is 18.7 Å². The molecule has 0 saturated carbocycles. The first-order chi connectivity index (χ1) is 12.1. The first-order valence-corrected chi connectivity index (χ1v) is 9.31. The van der Waals surface area contributed by atoms with Crippen LogP contribution in [0.2, 0.25) is 0 Å². The van der Waals surface area contributed by atoms with Crippen LogP contribution in [0.5, 0.6) is 11.5 Å². The molecule has 0 unspecified atom stereocenters. The lowest BCUT2D eigenvalue weighted by Crippen LogP contribution is -2.41. The summed E-state index contributed by atoms with van der Waals surface area (Å²) in [5.41, 5.74) is 0.814. The normalized spacial score (nSPS) is 18.0. The van der Waals surface area contributed by atoms with Gasteiger partial charge < -0.3 is 9.47 Å². The molecule has 0 aromatic heterocycles. The van der Waals surface area contributed by atoms with Crippen molar-refractivity contribution in [3.05, 3.63) is 28.7 Å². The van der Waals surface area contributed by atoms with E-state index < -0.39 is 0 Å². The molecule has 2 amide bonds. The summed E-state index contributed by atoms with van der Waals surface area (Å²) in [6.07, 6.45) is 3.71. The number of carbonyl (C=O) groups excluding carboxylic acids is 2. The number of fused-ring (bicyclic) bond motifs is 1. The molecule has 0 bridgehead atoms. The van der Waals surface area contributed by atoms with Crippen molar-refractivity contribution in [1.82, 2.24) is 9.80 Å². The van der Waals surface area contributed by atoms with E-state index in [0.717, 1.165) is 43.3 Å². The summed E-state index contributed by atoms with van der Waals surface area (Å²) in [7, 11) is 0. The number of ether oxygens (including phenoxy) is 2. The van der Waals surface area contributed by atoms with Crippen molar-refractivity contribution in [3.63, 3.8) is 0 Å². The Bertz CT molecular complexity index is 698. The molecular formula is C18H22N2O4S. The highest BCUT2D eigenvalue weighted by Crippen LogP contribution is 2.36. The molecule has 1 fully saturated rings. The second kappa shape index (κ2) is 7.93. The first kappa shape index (κ1) is 17.8. The van der Waals surface area contributed by atoms with Crippen LogP contribution in [0, 0.1) is 0 Å². The zero-order chi connectivity index (χ0) is 17.8. The van der Waals surface area contributed by atoms with Gasteiger partial charge in [-0.25, -0.2) is 0 Å². The monoisotopic (exact) mass is 362 g/mol. The Hall–Kier alpha value is -1.99. The SMILES string of the molecule is CCCN(CCC)CN1C(=O)S/C(=C\c2ccc3c(c2)OCO3)C1=O. The van der Waals surface area contributed by atoms with Crippen LogP contribution >= 0.6 is 11.8 Å². The van der Waals surface area contributed by atoms with Crippen LogP contribution in [0.1, 0.15) is 32.3 Å². The molecule has 7 heteroatoms. The van der Waals surface area contributed by atoms with Crippen molar-refractivity contribution in [3.8, 4) is 11.5 Å². The van der Waals surface area contributed by atoms with Gasteiger partial charge in [0.15, 0.2) is 11.5 Å². The predicted octanol–water partition coefficient (Wildman–Crippen LogP) is 3.53. The van der Waals surface area contributed by atoms with Gasteiger partial charge >= 0.3 is 0 Å². The molecule has 0 N–H and O–H groups in total. The Kier molecular flexibility index (Phi) is 5.65. The van der Waals surface area contributed by atoms with E-state index in [1.54, 1.807) is 6.08 Å². The molecule has 1 aromatic rings. The molecular weight excluding hydrogens is 340 g/mol. The fourth-order valence-corrected chi connectivity index (χ4v) is 3.69. The third-order valence-corrected chi connectivity index (χ3v) is 4.90. The van der Waals surface area contributed by atoms with E-state index in [-0.39, 0.29) is 17.9 Å². The van der Waals surface area contributed by atoms with E-state index >= 15 is 0 Å². The lowest BCUT2D eigenvalue weighted by atomic mass is 10.2. The lowest BCUT2D eigenvalue weighted by molar-refractivity contribution is -0.124. The van der Waals surface area contributed by atoms with Crippen molar-refractivity contribution < 1.29 is 19.1 Å². The number of imide groups is 1. The minimum absolute atomic E-state index is 0.208. The molecule has 0 aliphatic carbocycles. The Morgan fingerprint density at radius 2 is 1.88 bits per heavy atom. The van der Waals surface area contributed by atoms with Crippen LogP contribution in [0.3, 0.4) is 0 Å². The largest absolute Gasteiger partial charge is 0.454 e. The van der Waals surface area contributed by atoms with Crippen LogP contribution in [0.15, 0.2) is 23.1 Å². The maximum atomic E-state index is 12.6. The van der Waals surface area contributed by atoms with Gasteiger partial charge in [0.05, 0.1) is 11.6 Å². The van der Waals surface area contributed by atoms with E-state index in [9.17, 15) is 9.59 Å². The van der Waals surface area contributed by atoms with E-state index in [0.29, 0.717) is 23.1 Å². The molecule has 2 heterocycles. The maximum Gasteiger partial charge on any atom is 0.294 e. The standard InChI is InChI=1S/C18H22N2O4S/c1-3-7-19(8-4-2)11-20-17(21)16(25-18(20)22)10-13-5-6-14-15(9-13)24-12-23-14/h5-6,9-10H,3-4,7-8,11-12H2,1-2H3/b16-10-. The molecule has 1 aromatic carbocycles. The van der Waals surface area contributed by atoms with Crippen LogP contribution < -0.4 is 9.47 Å². The molecule has 134 valence electrons. The molecule has 6 nitrogen and oxygen atoms in total. The molecule has 2 aliphatic rings. The van der Waals surface area contributed by atoms with Crippen molar-refractivity contribution >= 4 is 29.0 Å². The maximum absolute atomic E-state index is 12.6. The fourth-order valence-electron chi connectivity index (χ4n) is 2.86. The van der Waals surface area contributed by atoms with Crippen LogP contribution in [-0.2, 0) is 4.79 Å². The van der Waals surface area contributed by atoms with E-state index in [1.807, 2.05) is 18.2 Å². The predicted molar refractivity (Wildman–Crippen MR) is 97.4 cm³/mol. The van der Waals surface area contributed by atoms with Crippen molar-refractivity contribution in [2.45, 2.75) is 26.7 Å². The van der Waals surface area contributed by atoms with Crippen molar-refractivity contribution in [1.29, 1.82) is 0 Å². The number of amides is 2. The Morgan fingerprint density at radius 1 is 1.16 bits per heavy atom. The zero-order valence-corrected chi connectivity index (χ0v) is 15.3. The van der Waals surface area contributed by atoms with Gasteiger partial charge in [-0.15, -0.1) is 0 Å². The van der Waals surface area contributed by atoms with Gasteiger partial charge in [0.1, 0.15) is 0 Å². The summed E-state index contributed by atoms with van der Waals surface area (Å²) < 4.78 is 10.6. The molecule has 2 aliphatic heterocycles. The average Bonchev–Trinajstić information content (AvgIpc) is 3.15. The van der Waals surface area contributed by atoms with Gasteiger partial charge in [-0.2, -0.15) is 0 Å². The summed E-state index contributed by atoms with van der Waals surface area (Å²) in [6, 6.07) is 5.47. The van der Waals surface area contributed by atoms with Gasteiger partial charge in [0.2, 0.25) is 6.79 Å². The van der Waals surface area contributed by atoms with Crippen LogP contribution in [-0.4, -0.2) is 47.5 Å². The number of thioether (sulfide) groups is 1. The molecule has 0 atom stereocenters. The highest BCUT2D eigenvalue weighted by Gasteiger charge is 2.35. The van der Waals surface area contributed by atoms with Crippen molar-refractivity contribution in [2.75, 3.05) is 26.6 Å². The van der Waals surface area contributed by atoms with E-state index in [4.69, 9.17) is 9.47 Å². The van der Waals surface area contributed by atoms with E-state index in [1.165, 1.54) is 4.90 Å². The molecule has 3 rings (SSSR count). The highest BCUT2D eigenvalue weighted by atomic mass is 32.2. The third-order valence-electron chi connectivity index (χ3n) is 3.99. The van der Waals surface area contributed by atoms with Gasteiger partial charge in [0, 0.05) is 0 Å². The summed E-state index contributed by atoms with van der Waals surface area (Å²) in [5.74, 6) is 1.12. The first-order valence-electron chi connectivity index (χ1n) is 8.49. The summed E-state index contributed by atoms with van der Waals surface area (Å²) in [4.78, 5) is 28.8. The Balaban J connectivity index is 1.74. The molecule has 25 heavy (non-hydrogen) atoms. The fraction of sp³-hybridized carbons (Fsp3) is 0.444. The van der Waals surface area contributed by atoms with Gasteiger partial charge in [-0.1, -0.05) is 19.9 Å². The van der Waals surface area contributed by atoms with Crippen LogP contribution in [0.4, 0.5) is 4.79 Å². The number of nitrogens with zero attached hydrogens (tertiary/aromatic N) is 2. The summed E-state index contributed by atoms with van der Waals surface area (Å²) in [6.45, 7) is 6.49. The molecule has 1 saturated heterocycles. The minimum Gasteiger partial charge on any atom is -0.454 e. The van der Waals surface area contributed by atoms with Gasteiger partial charge in [-0.3, -0.25) is 19.4 Å². The third kappa shape index (κ3) is 3.99. The lowest BCUT2D eigenvalue weighted by Gasteiger charge is -2.25. The average molecular weight is 362 g/mol. The Labute approximate surface area is 151 Å². The summed E-state index contributed by atoms with van der Waals surface area (Å²) >= 11 is 0.988. The number of hydrogen-bond acceptors (Lipinski definition) is 6. The van der Waals surface area contributed by atoms with Gasteiger partial charge in [-0.05, 0) is 61.5 Å². The smallest absolute Gasteiger partial charge is 0.294 e. The second-order valence-electron chi connectivity index (χ2n) is 5.98. The number of benzene rings is 1. The minimum atomic E-state index is -0.232. The zero-order valence-electron chi connectivity index (χ0n) is 14.5. The van der Waals surface area contributed by atoms with Crippen molar-refractivity contribution in [2.24, 2.45) is 0 Å². The molecule has 0 radical (unpaired) electrons. The number of hydrogen-bond donors (Lipinski definition) is 0. The van der Waals surface area contributed by atoms with Gasteiger partial charge in [0.25, 0.3) is 11.1 Å². The number of rotatable bonds is 7. The topological polar surface area (TPSA) is 59.1 Å². The Morgan fingerprint density at radius 3 is 2.60 bits per heavy atom. The molecule has 0 spiro atoms. The van der Waals surface area contributed by atoms with Crippen LogP contribution in [0.25, 0.3) is 6.08 Å². The summed E-state index contributed by atoms with van der Waals surface area (Å²) in [5, 5.41) is -0.214. The quantitative estimate of drug-likeness (QED) is 0.692. The number of carbonyl (C=O) groups is 2. The second-order valence-corrected chi connectivity index (χ2v) is 6.98. The highest BCUT2D eigenvalue weighted by molar-refractivity contribution is 8.18.